The van der Waals surface area contributed by atoms with Crippen molar-refractivity contribution in [2.24, 2.45) is 0 Å². The molecule has 0 fully saturated rings. The molecule has 0 amide bonds. The molecule has 0 atom stereocenters. The number of pyridine rings is 2. The van der Waals surface area contributed by atoms with E-state index in [4.69, 9.17) is 0 Å². The molecule has 2 heterocycles. The Balaban J connectivity index is 2.02. The van der Waals surface area contributed by atoms with Crippen molar-refractivity contribution >= 4 is 5.82 Å². The summed E-state index contributed by atoms with van der Waals surface area (Å²) < 4.78 is 40.8. The maximum absolute atomic E-state index is 12.1. The number of ether oxygens (including phenoxy) is 1. The van der Waals surface area contributed by atoms with Crippen LogP contribution in [-0.4, -0.2) is 22.8 Å². The minimum Gasteiger partial charge on any atom is -0.468 e. The van der Waals surface area contributed by atoms with Crippen LogP contribution < -0.4 is 10.1 Å². The van der Waals surface area contributed by atoms with Crippen molar-refractivity contribution in [3.05, 3.63) is 46.8 Å². The number of anilines is 1. The van der Waals surface area contributed by atoms with Crippen LogP contribution in [0.25, 0.3) is 0 Å². The first kappa shape index (κ1) is 17.5. The molecule has 2 rings (SSSR count). The summed E-state index contributed by atoms with van der Waals surface area (Å²) in [5.41, 5.74) is 2.78. The zero-order valence-electron chi connectivity index (χ0n) is 13.1. The largest absolute Gasteiger partial charge is 0.468 e. The first-order chi connectivity index (χ1) is 11.3. The van der Waals surface area contributed by atoms with Crippen LogP contribution in [0.4, 0.5) is 19.0 Å². The molecule has 0 radical (unpaired) electrons. The molecule has 2 aromatic heterocycles. The molecule has 5 nitrogen and oxygen atoms in total. The third-order valence-electron chi connectivity index (χ3n) is 3.10. The Bertz CT molecular complexity index is 752. The highest BCUT2D eigenvalue weighted by atomic mass is 19.4. The van der Waals surface area contributed by atoms with Crippen molar-refractivity contribution < 1.29 is 17.9 Å². The van der Waals surface area contributed by atoms with Gasteiger partial charge >= 0.3 is 6.18 Å². The van der Waals surface area contributed by atoms with Crippen LogP contribution in [0.1, 0.15) is 22.4 Å². The van der Waals surface area contributed by atoms with Crippen LogP contribution in [0.3, 0.4) is 0 Å². The van der Waals surface area contributed by atoms with Crippen molar-refractivity contribution in [3.8, 4) is 11.9 Å². The standard InChI is InChI=1S/C16H15F3N4O/c1-10-5-11(2)23-15(13(10)6-20)22-8-12-3-4-14(21-7-12)24-9-16(17,18)19/h3-5,7H,8-9H2,1-2H3,(H,22,23). The topological polar surface area (TPSA) is 70.8 Å². The molecule has 0 aliphatic rings. The summed E-state index contributed by atoms with van der Waals surface area (Å²) in [7, 11) is 0. The van der Waals surface area contributed by atoms with E-state index >= 15 is 0 Å². The molecule has 0 aliphatic heterocycles. The van der Waals surface area contributed by atoms with Crippen LogP contribution in [0.15, 0.2) is 24.4 Å². The fraction of sp³-hybridized carbons (Fsp3) is 0.312. The molecule has 2 aromatic rings. The summed E-state index contributed by atoms with van der Waals surface area (Å²) in [6.07, 6.45) is -2.99. The smallest absolute Gasteiger partial charge is 0.422 e. The van der Waals surface area contributed by atoms with Gasteiger partial charge in [0.15, 0.2) is 6.61 Å². The van der Waals surface area contributed by atoms with Gasteiger partial charge in [-0.3, -0.25) is 0 Å². The monoisotopic (exact) mass is 336 g/mol. The molecule has 1 N–H and O–H groups in total. The zero-order chi connectivity index (χ0) is 17.7. The van der Waals surface area contributed by atoms with Crippen molar-refractivity contribution in [1.29, 1.82) is 5.26 Å². The first-order valence-electron chi connectivity index (χ1n) is 7.05. The van der Waals surface area contributed by atoms with Crippen molar-refractivity contribution in [1.82, 2.24) is 9.97 Å². The quantitative estimate of drug-likeness (QED) is 0.904. The first-order valence-corrected chi connectivity index (χ1v) is 7.05. The fourth-order valence-corrected chi connectivity index (χ4v) is 2.05. The molecule has 0 spiro atoms. The lowest BCUT2D eigenvalue weighted by atomic mass is 10.1. The van der Waals surface area contributed by atoms with Gasteiger partial charge in [0.25, 0.3) is 0 Å². The van der Waals surface area contributed by atoms with Gasteiger partial charge < -0.3 is 10.1 Å². The molecule has 0 saturated carbocycles. The summed E-state index contributed by atoms with van der Waals surface area (Å²) in [5.74, 6) is 0.366. The molecule has 24 heavy (non-hydrogen) atoms. The van der Waals surface area contributed by atoms with Gasteiger partial charge in [0.1, 0.15) is 11.9 Å². The van der Waals surface area contributed by atoms with E-state index in [1.807, 2.05) is 19.9 Å². The molecule has 0 bridgehead atoms. The predicted octanol–water partition coefficient (Wildman–Crippen LogP) is 3.52. The Kier molecular flexibility index (Phi) is 5.24. The molecule has 0 saturated heterocycles. The van der Waals surface area contributed by atoms with E-state index < -0.39 is 12.8 Å². The minimum atomic E-state index is -4.40. The molecular formula is C16H15F3N4O. The van der Waals surface area contributed by atoms with Crippen LogP contribution in [0.2, 0.25) is 0 Å². The van der Waals surface area contributed by atoms with Crippen molar-refractivity contribution in [2.45, 2.75) is 26.6 Å². The van der Waals surface area contributed by atoms with Crippen LogP contribution in [0.5, 0.6) is 5.88 Å². The molecule has 0 unspecified atom stereocenters. The number of hydrogen-bond donors (Lipinski definition) is 1. The Morgan fingerprint density at radius 3 is 2.62 bits per heavy atom. The zero-order valence-corrected chi connectivity index (χ0v) is 13.1. The lowest BCUT2D eigenvalue weighted by Gasteiger charge is -2.11. The van der Waals surface area contributed by atoms with Gasteiger partial charge in [-0.2, -0.15) is 18.4 Å². The Morgan fingerprint density at radius 2 is 2.04 bits per heavy atom. The second kappa shape index (κ2) is 7.17. The Hall–Kier alpha value is -2.82. The normalized spacial score (nSPS) is 11.0. The van der Waals surface area contributed by atoms with Crippen molar-refractivity contribution in [2.75, 3.05) is 11.9 Å². The molecule has 8 heteroatoms. The predicted molar refractivity (Wildman–Crippen MR) is 81.5 cm³/mol. The van der Waals surface area contributed by atoms with E-state index in [2.05, 4.69) is 26.1 Å². The molecule has 0 aliphatic carbocycles. The number of halogens is 3. The summed E-state index contributed by atoms with van der Waals surface area (Å²) in [4.78, 5) is 8.11. The highest BCUT2D eigenvalue weighted by Crippen LogP contribution is 2.19. The van der Waals surface area contributed by atoms with Crippen LogP contribution >= 0.6 is 0 Å². The lowest BCUT2D eigenvalue weighted by Crippen LogP contribution is -2.19. The fourth-order valence-electron chi connectivity index (χ4n) is 2.05. The van der Waals surface area contributed by atoms with Gasteiger partial charge in [-0.1, -0.05) is 6.07 Å². The molecule has 126 valence electrons. The summed E-state index contributed by atoms with van der Waals surface area (Å²) >= 11 is 0. The molecule has 0 aromatic carbocycles. The number of aromatic nitrogens is 2. The number of nitrogens with one attached hydrogen (secondary N) is 1. The average Bonchev–Trinajstić information content (AvgIpc) is 2.51. The number of aryl methyl sites for hydroxylation is 2. The summed E-state index contributed by atoms with van der Waals surface area (Å²) in [6, 6.07) is 6.88. The summed E-state index contributed by atoms with van der Waals surface area (Å²) in [6.45, 7) is 2.60. The lowest BCUT2D eigenvalue weighted by molar-refractivity contribution is -0.154. The SMILES string of the molecule is Cc1cc(C)c(C#N)c(NCc2ccc(OCC(F)(F)F)nc2)n1. The minimum absolute atomic E-state index is 0.0988. The summed E-state index contributed by atoms with van der Waals surface area (Å²) in [5, 5.41) is 12.2. The highest BCUT2D eigenvalue weighted by Gasteiger charge is 2.28. The van der Waals surface area contributed by atoms with Gasteiger partial charge in [-0.15, -0.1) is 0 Å². The second-order valence-electron chi connectivity index (χ2n) is 5.18. The second-order valence-corrected chi connectivity index (χ2v) is 5.18. The Morgan fingerprint density at radius 1 is 1.29 bits per heavy atom. The number of nitrogens with zero attached hydrogens (tertiary/aromatic N) is 3. The van der Waals surface area contributed by atoms with Gasteiger partial charge in [-0.05, 0) is 31.0 Å². The molecular weight excluding hydrogens is 321 g/mol. The van der Waals surface area contributed by atoms with E-state index in [1.54, 1.807) is 6.07 Å². The van der Waals surface area contributed by atoms with E-state index in [9.17, 15) is 18.4 Å². The van der Waals surface area contributed by atoms with Gasteiger partial charge in [0, 0.05) is 24.5 Å². The van der Waals surface area contributed by atoms with E-state index in [0.717, 1.165) is 16.8 Å². The third-order valence-corrected chi connectivity index (χ3v) is 3.10. The van der Waals surface area contributed by atoms with Crippen LogP contribution in [-0.2, 0) is 6.54 Å². The van der Waals surface area contributed by atoms with Gasteiger partial charge in [0.05, 0.1) is 5.56 Å². The number of nitriles is 1. The Labute approximate surface area is 137 Å². The number of alkyl halides is 3. The van der Waals surface area contributed by atoms with Crippen molar-refractivity contribution in [3.63, 3.8) is 0 Å². The van der Waals surface area contributed by atoms with Crippen LogP contribution in [0, 0.1) is 25.2 Å². The highest BCUT2D eigenvalue weighted by molar-refractivity contribution is 5.56. The average molecular weight is 336 g/mol. The van der Waals surface area contributed by atoms with E-state index in [0.29, 0.717) is 17.9 Å². The maximum Gasteiger partial charge on any atom is 0.422 e. The van der Waals surface area contributed by atoms with Gasteiger partial charge in [0.2, 0.25) is 5.88 Å². The third kappa shape index (κ3) is 4.84. The maximum atomic E-state index is 12.1. The van der Waals surface area contributed by atoms with Gasteiger partial charge in [-0.25, -0.2) is 9.97 Å². The van der Waals surface area contributed by atoms with E-state index in [-0.39, 0.29) is 5.88 Å². The van der Waals surface area contributed by atoms with E-state index in [1.165, 1.54) is 12.3 Å². The number of hydrogen-bond acceptors (Lipinski definition) is 5. The number of rotatable bonds is 5.